The van der Waals surface area contributed by atoms with Crippen molar-refractivity contribution >= 4 is 5.96 Å². The summed E-state index contributed by atoms with van der Waals surface area (Å²) in [5.41, 5.74) is 3.59. The van der Waals surface area contributed by atoms with Gasteiger partial charge in [0.2, 0.25) is 5.89 Å². The van der Waals surface area contributed by atoms with Gasteiger partial charge in [-0.3, -0.25) is 9.67 Å². The lowest BCUT2D eigenvalue weighted by atomic mass is 10.1. The van der Waals surface area contributed by atoms with Gasteiger partial charge in [0.05, 0.1) is 12.2 Å². The van der Waals surface area contributed by atoms with Gasteiger partial charge in [-0.05, 0) is 46.6 Å². The topological polar surface area (TPSA) is 93.2 Å². The quantitative estimate of drug-likeness (QED) is 0.582. The van der Waals surface area contributed by atoms with Gasteiger partial charge < -0.3 is 15.2 Å². The van der Waals surface area contributed by atoms with E-state index < -0.39 is 0 Å². The summed E-state index contributed by atoms with van der Waals surface area (Å²) >= 11 is 0. The number of hydrogen-bond donors (Lipinski definition) is 2. The molecule has 2 heterocycles. The highest BCUT2D eigenvalue weighted by Crippen LogP contribution is 2.14. The summed E-state index contributed by atoms with van der Waals surface area (Å²) in [4.78, 5) is 8.79. The average molecular weight is 347 g/mol. The Hall–Kier alpha value is -2.38. The molecule has 8 heteroatoms. The lowest BCUT2D eigenvalue weighted by Crippen LogP contribution is -2.43. The van der Waals surface area contributed by atoms with Crippen molar-refractivity contribution in [2.24, 2.45) is 12.0 Å². The summed E-state index contributed by atoms with van der Waals surface area (Å²) in [7, 11) is 1.98. The van der Waals surface area contributed by atoms with E-state index >= 15 is 0 Å². The van der Waals surface area contributed by atoms with Crippen LogP contribution in [0.2, 0.25) is 0 Å². The summed E-state index contributed by atoms with van der Waals surface area (Å²) in [6.07, 6.45) is 1.53. The molecule has 0 saturated carbocycles. The van der Waals surface area contributed by atoms with E-state index in [2.05, 4.69) is 58.6 Å². The van der Waals surface area contributed by atoms with Gasteiger partial charge in [-0.15, -0.1) is 0 Å². The van der Waals surface area contributed by atoms with Crippen LogP contribution in [0.1, 0.15) is 42.5 Å². The number of guanidine groups is 1. The first kappa shape index (κ1) is 19.0. The molecule has 0 spiro atoms. The summed E-state index contributed by atoms with van der Waals surface area (Å²) in [6.45, 7) is 11.6. The van der Waals surface area contributed by atoms with E-state index in [1.807, 2.05) is 18.7 Å². The van der Waals surface area contributed by atoms with Gasteiger partial charge in [-0.1, -0.05) is 5.16 Å². The molecule has 138 valence electrons. The first-order valence-electron chi connectivity index (χ1n) is 8.73. The molecule has 8 nitrogen and oxygen atoms in total. The summed E-state index contributed by atoms with van der Waals surface area (Å²) in [6, 6.07) is 0.241. The number of nitrogens with zero attached hydrogens (tertiary/aromatic N) is 5. The molecule has 0 aliphatic heterocycles. The van der Waals surface area contributed by atoms with Gasteiger partial charge in [0.25, 0.3) is 0 Å². The maximum absolute atomic E-state index is 5.11. The molecule has 0 aliphatic rings. The van der Waals surface area contributed by atoms with Crippen molar-refractivity contribution in [3.8, 4) is 0 Å². The van der Waals surface area contributed by atoms with E-state index in [-0.39, 0.29) is 6.04 Å². The Morgan fingerprint density at radius 2 is 2.08 bits per heavy atom. The molecule has 2 aromatic heterocycles. The second kappa shape index (κ2) is 8.64. The zero-order chi connectivity index (χ0) is 18.4. The molecule has 1 atom stereocenters. The highest BCUT2D eigenvalue weighted by atomic mass is 16.5. The predicted molar refractivity (Wildman–Crippen MR) is 97.7 cm³/mol. The van der Waals surface area contributed by atoms with Crippen LogP contribution in [0.5, 0.6) is 0 Å². The van der Waals surface area contributed by atoms with Crippen molar-refractivity contribution in [2.45, 2.75) is 53.5 Å². The smallest absolute Gasteiger partial charge is 0.228 e. The number of hydrogen-bond acceptors (Lipinski definition) is 5. The largest absolute Gasteiger partial charge is 0.357 e. The predicted octanol–water partition coefficient (Wildman–Crippen LogP) is 1.46. The fraction of sp³-hybridized carbons (Fsp3) is 0.647. The third-order valence-electron chi connectivity index (χ3n) is 4.06. The van der Waals surface area contributed by atoms with Gasteiger partial charge in [-0.25, -0.2) is 0 Å². The molecule has 0 aromatic carbocycles. The average Bonchev–Trinajstić information content (AvgIpc) is 3.06. The molecule has 0 fully saturated rings. The molecule has 25 heavy (non-hydrogen) atoms. The first-order chi connectivity index (χ1) is 11.9. The van der Waals surface area contributed by atoms with Gasteiger partial charge in [-0.2, -0.15) is 10.1 Å². The van der Waals surface area contributed by atoms with Crippen molar-refractivity contribution < 1.29 is 4.52 Å². The summed E-state index contributed by atoms with van der Waals surface area (Å²) < 4.78 is 7.05. The van der Waals surface area contributed by atoms with Crippen molar-refractivity contribution in [3.63, 3.8) is 0 Å². The van der Waals surface area contributed by atoms with Crippen LogP contribution in [0.25, 0.3) is 0 Å². The monoisotopic (exact) mass is 347 g/mol. The van der Waals surface area contributed by atoms with Crippen molar-refractivity contribution in [3.05, 3.63) is 28.7 Å². The summed E-state index contributed by atoms with van der Waals surface area (Å²) in [5, 5.41) is 15.0. The zero-order valence-corrected chi connectivity index (χ0v) is 16.1. The van der Waals surface area contributed by atoms with Gasteiger partial charge in [0, 0.05) is 31.7 Å². The minimum Gasteiger partial charge on any atom is -0.357 e. The van der Waals surface area contributed by atoms with Crippen LogP contribution in [-0.4, -0.2) is 45.0 Å². The van der Waals surface area contributed by atoms with Crippen LogP contribution in [0.4, 0.5) is 0 Å². The Morgan fingerprint density at radius 1 is 1.32 bits per heavy atom. The SMILES string of the molecule is CCNC(=NCCc1nc(C)no1)NC(C)Cc1c(C)nn(C)c1C. The Labute approximate surface area is 149 Å². The second-order valence-corrected chi connectivity index (χ2v) is 6.27. The third kappa shape index (κ3) is 5.30. The van der Waals surface area contributed by atoms with Crippen LogP contribution >= 0.6 is 0 Å². The Bertz CT molecular complexity index is 717. The standard InChI is InChI=1S/C17H29N7O/c1-7-18-17(19-9-8-16-21-14(5)23-25-16)20-11(2)10-15-12(3)22-24(6)13(15)4/h11H,7-10H2,1-6H3,(H2,18,19,20). The van der Waals surface area contributed by atoms with E-state index in [1.54, 1.807) is 0 Å². The Balaban J connectivity index is 1.93. The molecule has 0 saturated heterocycles. The van der Waals surface area contributed by atoms with Crippen molar-refractivity contribution in [1.29, 1.82) is 0 Å². The maximum atomic E-state index is 5.11. The molecule has 2 rings (SSSR count). The molecule has 0 bridgehead atoms. The van der Waals surface area contributed by atoms with Crippen molar-refractivity contribution in [2.75, 3.05) is 13.1 Å². The minimum absolute atomic E-state index is 0.241. The molecule has 1 unspecified atom stereocenters. The highest BCUT2D eigenvalue weighted by molar-refractivity contribution is 5.80. The highest BCUT2D eigenvalue weighted by Gasteiger charge is 2.14. The molecular weight excluding hydrogens is 318 g/mol. The van der Waals surface area contributed by atoms with Gasteiger partial charge in [0.1, 0.15) is 0 Å². The van der Waals surface area contributed by atoms with Crippen molar-refractivity contribution in [1.82, 2.24) is 30.6 Å². The molecule has 0 aliphatic carbocycles. The van der Waals surface area contributed by atoms with E-state index in [0.717, 1.165) is 24.6 Å². The van der Waals surface area contributed by atoms with Crippen LogP contribution in [-0.2, 0) is 19.9 Å². The van der Waals surface area contributed by atoms with Crippen LogP contribution in [0.3, 0.4) is 0 Å². The first-order valence-corrected chi connectivity index (χ1v) is 8.73. The summed E-state index contributed by atoms with van der Waals surface area (Å²) in [5.74, 6) is 2.07. The van der Waals surface area contributed by atoms with Crippen LogP contribution in [0, 0.1) is 20.8 Å². The normalized spacial score (nSPS) is 13.1. The number of rotatable bonds is 7. The van der Waals surface area contributed by atoms with E-state index in [1.165, 1.54) is 11.3 Å². The number of aliphatic imine (C=N–C) groups is 1. The molecular formula is C17H29N7O. The van der Waals surface area contributed by atoms with Crippen LogP contribution < -0.4 is 10.6 Å². The molecule has 2 aromatic rings. The van der Waals surface area contributed by atoms with Gasteiger partial charge >= 0.3 is 0 Å². The second-order valence-electron chi connectivity index (χ2n) is 6.27. The lowest BCUT2D eigenvalue weighted by molar-refractivity contribution is 0.376. The van der Waals surface area contributed by atoms with E-state index in [4.69, 9.17) is 4.52 Å². The maximum Gasteiger partial charge on any atom is 0.228 e. The molecule has 0 amide bonds. The third-order valence-corrected chi connectivity index (χ3v) is 4.06. The number of aromatic nitrogens is 4. The van der Waals surface area contributed by atoms with Crippen LogP contribution in [0.15, 0.2) is 9.52 Å². The minimum atomic E-state index is 0.241. The fourth-order valence-corrected chi connectivity index (χ4v) is 2.73. The molecule has 2 N–H and O–H groups in total. The molecule has 0 radical (unpaired) electrons. The Kier molecular flexibility index (Phi) is 6.55. The lowest BCUT2D eigenvalue weighted by Gasteiger charge is -2.18. The fourth-order valence-electron chi connectivity index (χ4n) is 2.73. The number of aryl methyl sites for hydroxylation is 3. The number of nitrogens with one attached hydrogen (secondary N) is 2. The van der Waals surface area contributed by atoms with E-state index in [9.17, 15) is 0 Å². The van der Waals surface area contributed by atoms with E-state index in [0.29, 0.717) is 24.7 Å². The van der Waals surface area contributed by atoms with Gasteiger partial charge in [0.15, 0.2) is 11.8 Å². The zero-order valence-electron chi connectivity index (χ0n) is 16.1. The Morgan fingerprint density at radius 3 is 2.64 bits per heavy atom.